The minimum atomic E-state index is 0.633. The molecule has 0 N–H and O–H groups in total. The Bertz CT molecular complexity index is 1100. The van der Waals surface area contributed by atoms with Gasteiger partial charge in [0.25, 0.3) is 0 Å². The van der Waals surface area contributed by atoms with Crippen LogP contribution in [0.4, 0.5) is 0 Å². The molecule has 22 heavy (non-hydrogen) atoms. The van der Waals surface area contributed by atoms with E-state index in [9.17, 15) is 0 Å². The molecular weight excluding hydrogens is 274 g/mol. The number of aromatic nitrogens is 1. The molecule has 3 aromatic carbocycles. The molecule has 0 aliphatic heterocycles. The second kappa shape index (κ2) is 4.21. The maximum Gasteiger partial charge on any atom is 0.227 e. The van der Waals surface area contributed by atoms with Crippen molar-refractivity contribution in [3.63, 3.8) is 0 Å². The van der Waals surface area contributed by atoms with Crippen LogP contribution in [0.3, 0.4) is 0 Å². The van der Waals surface area contributed by atoms with Crippen molar-refractivity contribution in [2.45, 2.75) is 0 Å². The van der Waals surface area contributed by atoms with E-state index < -0.39 is 0 Å². The first-order valence-corrected chi connectivity index (χ1v) is 7.16. The van der Waals surface area contributed by atoms with E-state index in [0.29, 0.717) is 5.89 Å². The van der Waals surface area contributed by atoms with E-state index in [1.54, 1.807) is 0 Å². The van der Waals surface area contributed by atoms with Gasteiger partial charge in [-0.2, -0.15) is 0 Å². The SMILES string of the molecule is c1ccc2oc(-c3ccc4oc5ccccc5c4c3)nc2c1. The molecule has 5 aromatic rings. The number of nitrogens with zero attached hydrogens (tertiary/aromatic N) is 1. The number of fused-ring (bicyclic) bond motifs is 4. The maximum atomic E-state index is 5.85. The molecule has 0 aliphatic rings. The van der Waals surface area contributed by atoms with Crippen LogP contribution in [0.5, 0.6) is 0 Å². The van der Waals surface area contributed by atoms with Gasteiger partial charge in [0.15, 0.2) is 5.58 Å². The van der Waals surface area contributed by atoms with Crippen LogP contribution in [0.2, 0.25) is 0 Å². The smallest absolute Gasteiger partial charge is 0.227 e. The monoisotopic (exact) mass is 285 g/mol. The number of furan rings is 1. The van der Waals surface area contributed by atoms with Gasteiger partial charge in [0, 0.05) is 16.3 Å². The molecular formula is C19H11NO2. The zero-order valence-electron chi connectivity index (χ0n) is 11.6. The third kappa shape index (κ3) is 1.59. The molecule has 104 valence electrons. The van der Waals surface area contributed by atoms with Gasteiger partial charge in [-0.25, -0.2) is 4.98 Å². The minimum absolute atomic E-state index is 0.633. The highest BCUT2D eigenvalue weighted by molar-refractivity contribution is 6.06. The average molecular weight is 285 g/mol. The molecule has 5 rings (SSSR count). The fourth-order valence-electron chi connectivity index (χ4n) is 2.85. The summed E-state index contributed by atoms with van der Waals surface area (Å²) in [4.78, 5) is 4.56. The van der Waals surface area contributed by atoms with Gasteiger partial charge in [-0.3, -0.25) is 0 Å². The molecule has 2 aromatic heterocycles. The maximum absolute atomic E-state index is 5.85. The predicted octanol–water partition coefficient (Wildman–Crippen LogP) is 5.39. The van der Waals surface area contributed by atoms with E-state index in [0.717, 1.165) is 38.6 Å². The van der Waals surface area contributed by atoms with Crippen molar-refractivity contribution in [2.75, 3.05) is 0 Å². The highest BCUT2D eigenvalue weighted by Gasteiger charge is 2.11. The summed E-state index contributed by atoms with van der Waals surface area (Å²) in [6, 6.07) is 21.9. The van der Waals surface area contributed by atoms with Crippen LogP contribution in [0.1, 0.15) is 0 Å². The number of benzene rings is 3. The van der Waals surface area contributed by atoms with Crippen molar-refractivity contribution < 1.29 is 8.83 Å². The molecule has 0 fully saturated rings. The first-order chi connectivity index (χ1) is 10.9. The summed E-state index contributed by atoms with van der Waals surface area (Å²) in [6.07, 6.45) is 0. The number of oxazole rings is 1. The Hall–Kier alpha value is -3.07. The molecule has 0 amide bonds. The fraction of sp³-hybridized carbons (Fsp3) is 0. The lowest BCUT2D eigenvalue weighted by Crippen LogP contribution is -1.76. The summed E-state index contributed by atoms with van der Waals surface area (Å²) >= 11 is 0. The van der Waals surface area contributed by atoms with Gasteiger partial charge in [0.2, 0.25) is 5.89 Å². The van der Waals surface area contributed by atoms with Gasteiger partial charge in [-0.15, -0.1) is 0 Å². The Balaban J connectivity index is 1.78. The van der Waals surface area contributed by atoms with E-state index >= 15 is 0 Å². The zero-order valence-corrected chi connectivity index (χ0v) is 11.6. The van der Waals surface area contributed by atoms with Crippen LogP contribution in [-0.4, -0.2) is 4.98 Å². The summed E-state index contributed by atoms with van der Waals surface area (Å²) < 4.78 is 11.7. The standard InChI is InChI=1S/C19H11NO2/c1-3-7-16-13(5-1)14-11-12(9-10-17(14)21-16)19-20-15-6-2-4-8-18(15)22-19/h1-11H. The largest absolute Gasteiger partial charge is 0.456 e. The average Bonchev–Trinajstić information content (AvgIpc) is 3.15. The van der Waals surface area contributed by atoms with Crippen LogP contribution in [-0.2, 0) is 0 Å². The summed E-state index contributed by atoms with van der Waals surface area (Å²) in [5.74, 6) is 0.633. The summed E-state index contributed by atoms with van der Waals surface area (Å²) in [7, 11) is 0. The molecule has 0 spiro atoms. The minimum Gasteiger partial charge on any atom is -0.456 e. The van der Waals surface area contributed by atoms with Crippen molar-refractivity contribution in [1.82, 2.24) is 4.98 Å². The highest BCUT2D eigenvalue weighted by atomic mass is 16.3. The van der Waals surface area contributed by atoms with Crippen molar-refractivity contribution in [1.29, 1.82) is 0 Å². The van der Waals surface area contributed by atoms with E-state index in [1.807, 2.05) is 54.6 Å². The highest BCUT2D eigenvalue weighted by Crippen LogP contribution is 2.32. The third-order valence-electron chi connectivity index (χ3n) is 3.92. The first-order valence-electron chi connectivity index (χ1n) is 7.16. The van der Waals surface area contributed by atoms with Crippen molar-refractivity contribution in [3.8, 4) is 11.5 Å². The third-order valence-corrected chi connectivity index (χ3v) is 3.92. The van der Waals surface area contributed by atoms with E-state index in [4.69, 9.17) is 8.83 Å². The number of hydrogen-bond acceptors (Lipinski definition) is 3. The van der Waals surface area contributed by atoms with E-state index in [-0.39, 0.29) is 0 Å². The Morgan fingerprint density at radius 3 is 2.32 bits per heavy atom. The molecule has 3 heteroatoms. The quantitative estimate of drug-likeness (QED) is 0.414. The van der Waals surface area contributed by atoms with E-state index in [1.165, 1.54) is 0 Å². The molecule has 0 aliphatic carbocycles. The number of hydrogen-bond donors (Lipinski definition) is 0. The van der Waals surface area contributed by atoms with Gasteiger partial charge in [-0.1, -0.05) is 30.3 Å². The molecule has 0 bridgehead atoms. The summed E-state index contributed by atoms with van der Waals surface area (Å²) in [5, 5.41) is 2.19. The van der Waals surface area contributed by atoms with Gasteiger partial charge in [0.1, 0.15) is 16.7 Å². The lowest BCUT2D eigenvalue weighted by Gasteiger charge is -1.95. The molecule has 2 heterocycles. The molecule has 0 saturated heterocycles. The van der Waals surface area contributed by atoms with Crippen LogP contribution in [0.15, 0.2) is 75.6 Å². The first kappa shape index (κ1) is 11.6. The fourth-order valence-corrected chi connectivity index (χ4v) is 2.85. The van der Waals surface area contributed by atoms with Crippen LogP contribution >= 0.6 is 0 Å². The summed E-state index contributed by atoms with van der Waals surface area (Å²) in [5.41, 5.74) is 4.40. The van der Waals surface area contributed by atoms with Gasteiger partial charge in [0.05, 0.1) is 0 Å². The topological polar surface area (TPSA) is 39.2 Å². The Morgan fingerprint density at radius 2 is 1.41 bits per heavy atom. The van der Waals surface area contributed by atoms with Gasteiger partial charge >= 0.3 is 0 Å². The van der Waals surface area contributed by atoms with Crippen LogP contribution < -0.4 is 0 Å². The Kier molecular flexibility index (Phi) is 2.22. The van der Waals surface area contributed by atoms with E-state index in [2.05, 4.69) is 17.1 Å². The van der Waals surface area contributed by atoms with Crippen molar-refractivity contribution >= 4 is 33.0 Å². The van der Waals surface area contributed by atoms with Gasteiger partial charge in [-0.05, 0) is 36.4 Å². The lowest BCUT2D eigenvalue weighted by molar-refractivity contribution is 0.620. The second-order valence-corrected chi connectivity index (χ2v) is 5.30. The van der Waals surface area contributed by atoms with Crippen molar-refractivity contribution in [3.05, 3.63) is 66.7 Å². The summed E-state index contributed by atoms with van der Waals surface area (Å²) in [6.45, 7) is 0. The molecule has 3 nitrogen and oxygen atoms in total. The normalized spacial score (nSPS) is 11.6. The van der Waals surface area contributed by atoms with Gasteiger partial charge < -0.3 is 8.83 Å². The van der Waals surface area contributed by atoms with Crippen LogP contribution in [0, 0.1) is 0 Å². The Morgan fingerprint density at radius 1 is 0.636 bits per heavy atom. The lowest BCUT2D eigenvalue weighted by atomic mass is 10.1. The molecule has 0 saturated carbocycles. The molecule has 0 unspecified atom stereocenters. The molecule has 0 radical (unpaired) electrons. The second-order valence-electron chi connectivity index (χ2n) is 5.30. The predicted molar refractivity (Wildman–Crippen MR) is 86.7 cm³/mol. The van der Waals surface area contributed by atoms with Crippen LogP contribution in [0.25, 0.3) is 44.5 Å². The Labute approximate surface area is 125 Å². The number of rotatable bonds is 1. The van der Waals surface area contributed by atoms with Crippen molar-refractivity contribution in [2.24, 2.45) is 0 Å². The number of para-hydroxylation sites is 3. The molecule has 0 atom stereocenters. The zero-order chi connectivity index (χ0) is 14.5.